The second kappa shape index (κ2) is 6.30. The summed E-state index contributed by atoms with van der Waals surface area (Å²) in [5.41, 5.74) is 5.68. The topological polar surface area (TPSA) is 91.0 Å². The van der Waals surface area contributed by atoms with Crippen molar-refractivity contribution in [3.8, 4) is 11.5 Å². The lowest BCUT2D eigenvalue weighted by Gasteiger charge is -2.14. The van der Waals surface area contributed by atoms with Crippen molar-refractivity contribution in [3.63, 3.8) is 0 Å². The Labute approximate surface area is 117 Å². The van der Waals surface area contributed by atoms with Gasteiger partial charge in [0.05, 0.1) is 12.4 Å². The number of amides is 1. The van der Waals surface area contributed by atoms with Gasteiger partial charge in [-0.15, -0.1) is 0 Å². The van der Waals surface area contributed by atoms with Crippen LogP contribution in [0.2, 0.25) is 0 Å². The zero-order valence-corrected chi connectivity index (χ0v) is 11.8. The van der Waals surface area contributed by atoms with Crippen LogP contribution in [0.4, 0.5) is 0 Å². The first kappa shape index (κ1) is 14.2. The normalized spacial score (nSPS) is 15.2. The SMILES string of the molecule is COc1cc(C=O)ccc1OC1=NC=C(C(N)=O)PC1. The maximum absolute atomic E-state index is 11.0. The van der Waals surface area contributed by atoms with E-state index in [0.29, 0.717) is 34.4 Å². The lowest BCUT2D eigenvalue weighted by Crippen LogP contribution is -2.18. The molecule has 0 saturated heterocycles. The molecule has 0 saturated carbocycles. The predicted molar refractivity (Wildman–Crippen MR) is 76.9 cm³/mol. The minimum absolute atomic E-state index is 0.234. The van der Waals surface area contributed by atoms with Crippen molar-refractivity contribution in [2.24, 2.45) is 10.7 Å². The van der Waals surface area contributed by atoms with Gasteiger partial charge in [-0.3, -0.25) is 9.59 Å². The van der Waals surface area contributed by atoms with E-state index in [-0.39, 0.29) is 8.58 Å². The van der Waals surface area contributed by atoms with Crippen LogP contribution >= 0.6 is 8.58 Å². The molecule has 0 radical (unpaired) electrons. The van der Waals surface area contributed by atoms with Gasteiger partial charge in [0, 0.05) is 17.9 Å². The number of nitrogens with two attached hydrogens (primary N) is 1. The van der Waals surface area contributed by atoms with Crippen LogP contribution in [0.15, 0.2) is 34.7 Å². The van der Waals surface area contributed by atoms with E-state index in [4.69, 9.17) is 15.2 Å². The third-order valence-corrected chi connectivity index (χ3v) is 3.82. The molecule has 1 aromatic carbocycles. The Morgan fingerprint density at radius 1 is 1.45 bits per heavy atom. The molecule has 0 aliphatic carbocycles. The Morgan fingerprint density at radius 2 is 2.25 bits per heavy atom. The lowest BCUT2D eigenvalue weighted by molar-refractivity contribution is -0.113. The Balaban J connectivity index is 2.19. The fourth-order valence-electron chi connectivity index (χ4n) is 1.58. The number of rotatable bonds is 4. The smallest absolute Gasteiger partial charge is 0.250 e. The largest absolute Gasteiger partial charge is 0.493 e. The van der Waals surface area contributed by atoms with Crippen LogP contribution in [0.25, 0.3) is 0 Å². The Morgan fingerprint density at radius 3 is 2.80 bits per heavy atom. The van der Waals surface area contributed by atoms with E-state index < -0.39 is 5.91 Å². The fraction of sp³-hybridized carbons (Fsp3) is 0.154. The standard InChI is InChI=1S/C13H13N2O4P/c1-18-10-4-8(6-16)2-3-9(10)19-12-7-20-11(5-15-12)13(14)17/h2-6,20H,7H2,1H3,(H2,14,17). The van der Waals surface area contributed by atoms with E-state index >= 15 is 0 Å². The van der Waals surface area contributed by atoms with Gasteiger partial charge in [-0.05, 0) is 18.2 Å². The van der Waals surface area contributed by atoms with E-state index in [2.05, 4.69) is 4.99 Å². The summed E-state index contributed by atoms with van der Waals surface area (Å²) in [6.07, 6.45) is 2.66. The molecule has 1 aliphatic rings. The molecule has 2 N–H and O–H groups in total. The molecule has 2 rings (SSSR count). The molecule has 1 aromatic rings. The molecule has 1 unspecified atom stereocenters. The number of primary amides is 1. The van der Waals surface area contributed by atoms with Crippen molar-refractivity contribution in [2.45, 2.75) is 0 Å². The highest BCUT2D eigenvalue weighted by Gasteiger charge is 2.15. The van der Waals surface area contributed by atoms with Crippen LogP contribution in [0.1, 0.15) is 10.4 Å². The van der Waals surface area contributed by atoms with Crippen molar-refractivity contribution in [3.05, 3.63) is 35.3 Å². The summed E-state index contributed by atoms with van der Waals surface area (Å²) >= 11 is 0. The summed E-state index contributed by atoms with van der Waals surface area (Å²) in [4.78, 5) is 25.8. The summed E-state index contributed by atoms with van der Waals surface area (Å²) in [7, 11) is 1.73. The van der Waals surface area contributed by atoms with Crippen molar-refractivity contribution in [1.29, 1.82) is 0 Å². The summed E-state index contributed by atoms with van der Waals surface area (Å²) in [6, 6.07) is 4.85. The molecule has 0 bridgehead atoms. The molecule has 1 atom stereocenters. The monoisotopic (exact) mass is 292 g/mol. The van der Waals surface area contributed by atoms with Crippen LogP contribution in [-0.2, 0) is 4.79 Å². The molecule has 0 spiro atoms. The molecule has 1 amide bonds. The Kier molecular flexibility index (Phi) is 4.48. The lowest BCUT2D eigenvalue weighted by atomic mass is 10.2. The minimum Gasteiger partial charge on any atom is -0.493 e. The summed E-state index contributed by atoms with van der Waals surface area (Å²) in [5.74, 6) is 0.937. The van der Waals surface area contributed by atoms with Crippen LogP contribution in [0.3, 0.4) is 0 Å². The van der Waals surface area contributed by atoms with Crippen molar-refractivity contribution in [2.75, 3.05) is 13.3 Å². The number of aliphatic imine (C=N–C) groups is 1. The quantitative estimate of drug-likeness (QED) is 0.669. The number of methoxy groups -OCH3 is 1. The molecule has 20 heavy (non-hydrogen) atoms. The highest BCUT2D eigenvalue weighted by atomic mass is 31.1. The molecule has 1 heterocycles. The highest BCUT2D eigenvalue weighted by Crippen LogP contribution is 2.31. The molecular formula is C13H13N2O4P. The van der Waals surface area contributed by atoms with Crippen LogP contribution in [0, 0.1) is 0 Å². The van der Waals surface area contributed by atoms with Gasteiger partial charge in [0.2, 0.25) is 5.91 Å². The molecular weight excluding hydrogens is 279 g/mol. The molecule has 104 valence electrons. The number of ether oxygens (including phenoxy) is 2. The molecule has 7 heteroatoms. The Hall–Kier alpha value is -2.20. The van der Waals surface area contributed by atoms with E-state index in [1.807, 2.05) is 0 Å². The van der Waals surface area contributed by atoms with Crippen LogP contribution < -0.4 is 15.2 Å². The van der Waals surface area contributed by atoms with Gasteiger partial charge in [0.25, 0.3) is 0 Å². The number of carbonyl (C=O) groups excluding carboxylic acids is 2. The third-order valence-electron chi connectivity index (χ3n) is 2.58. The highest BCUT2D eigenvalue weighted by molar-refractivity contribution is 7.46. The van der Waals surface area contributed by atoms with E-state index in [1.54, 1.807) is 18.2 Å². The average molecular weight is 292 g/mol. The number of nitrogens with zero attached hydrogens (tertiary/aromatic N) is 1. The summed E-state index contributed by atoms with van der Waals surface area (Å²) in [6.45, 7) is 0. The molecule has 6 nitrogen and oxygen atoms in total. The zero-order valence-electron chi connectivity index (χ0n) is 10.8. The minimum atomic E-state index is -0.459. The second-order valence-corrected chi connectivity index (χ2v) is 5.16. The van der Waals surface area contributed by atoms with Gasteiger partial charge in [-0.2, -0.15) is 0 Å². The summed E-state index contributed by atoms with van der Waals surface area (Å²) < 4.78 is 10.8. The van der Waals surface area contributed by atoms with Gasteiger partial charge in [0.15, 0.2) is 17.4 Å². The maximum Gasteiger partial charge on any atom is 0.250 e. The van der Waals surface area contributed by atoms with Crippen molar-refractivity contribution < 1.29 is 19.1 Å². The van der Waals surface area contributed by atoms with Crippen molar-refractivity contribution in [1.82, 2.24) is 0 Å². The molecule has 0 aromatic heterocycles. The van der Waals surface area contributed by atoms with Gasteiger partial charge in [0.1, 0.15) is 6.29 Å². The molecule has 0 fully saturated rings. The van der Waals surface area contributed by atoms with E-state index in [9.17, 15) is 9.59 Å². The number of hydrogen-bond acceptors (Lipinski definition) is 5. The first-order valence-corrected chi connectivity index (χ1v) is 6.96. The van der Waals surface area contributed by atoms with Gasteiger partial charge in [-0.1, -0.05) is 8.58 Å². The zero-order chi connectivity index (χ0) is 14.5. The van der Waals surface area contributed by atoms with Gasteiger partial charge >= 0.3 is 0 Å². The number of benzene rings is 1. The maximum atomic E-state index is 11.0. The van der Waals surface area contributed by atoms with Crippen LogP contribution in [0.5, 0.6) is 11.5 Å². The van der Waals surface area contributed by atoms with E-state index in [0.717, 1.165) is 6.29 Å². The average Bonchev–Trinajstić information content (AvgIpc) is 2.48. The van der Waals surface area contributed by atoms with E-state index in [1.165, 1.54) is 13.3 Å². The second-order valence-electron chi connectivity index (χ2n) is 3.91. The fourth-order valence-corrected chi connectivity index (χ4v) is 2.42. The molecule has 1 aliphatic heterocycles. The number of aldehydes is 1. The Bertz CT molecular complexity index is 610. The van der Waals surface area contributed by atoms with Gasteiger partial charge < -0.3 is 15.2 Å². The summed E-state index contributed by atoms with van der Waals surface area (Å²) in [5, 5.41) is 0.501. The first-order chi connectivity index (χ1) is 9.63. The number of hydrogen-bond donors (Lipinski definition) is 1. The van der Waals surface area contributed by atoms with Gasteiger partial charge in [-0.25, -0.2) is 4.99 Å². The number of carbonyl (C=O) groups is 2. The first-order valence-electron chi connectivity index (χ1n) is 5.75. The van der Waals surface area contributed by atoms with Crippen molar-refractivity contribution >= 4 is 26.7 Å². The third kappa shape index (κ3) is 3.22. The predicted octanol–water partition coefficient (Wildman–Crippen LogP) is 1.30. The van der Waals surface area contributed by atoms with Crippen LogP contribution in [-0.4, -0.2) is 31.4 Å².